The van der Waals surface area contributed by atoms with Gasteiger partial charge in [0.2, 0.25) is 0 Å². The summed E-state index contributed by atoms with van der Waals surface area (Å²) in [7, 11) is 0. The third-order valence-electron chi connectivity index (χ3n) is 1.67. The second-order valence-electron chi connectivity index (χ2n) is 4.08. The molecule has 0 aromatic rings. The van der Waals surface area contributed by atoms with E-state index < -0.39 is 5.60 Å². The molecule has 1 aliphatic rings. The summed E-state index contributed by atoms with van der Waals surface area (Å²) >= 11 is 0.397. The third kappa shape index (κ3) is 3.14. The van der Waals surface area contributed by atoms with Crippen molar-refractivity contribution >= 4 is 32.3 Å². The zero-order chi connectivity index (χ0) is 10.8. The average Bonchev–Trinajstić information content (AvgIpc) is 2.47. The Balaban J connectivity index is 2.58. The summed E-state index contributed by atoms with van der Waals surface area (Å²) in [6.07, 6.45) is 2.45. The van der Waals surface area contributed by atoms with E-state index in [0.29, 0.717) is 38.6 Å². The second-order valence-corrected chi connectivity index (χ2v) is 5.00. The van der Waals surface area contributed by atoms with Crippen molar-refractivity contribution in [3.8, 4) is 0 Å². The SMILES string of the molecule is CC(C)(C)OC(=O)N1CCC=C1[O][Tl]. The Kier molecular flexibility index (Phi) is 3.80. The Labute approximate surface area is 101 Å². The van der Waals surface area contributed by atoms with E-state index in [0.717, 1.165) is 6.42 Å². The summed E-state index contributed by atoms with van der Waals surface area (Å²) in [4.78, 5) is 13.2. The number of hydrogen-bond donors (Lipinski definition) is 0. The van der Waals surface area contributed by atoms with Gasteiger partial charge in [0, 0.05) is 0 Å². The van der Waals surface area contributed by atoms with Crippen LogP contribution in [0.4, 0.5) is 4.79 Å². The molecule has 0 N–H and O–H groups in total. The van der Waals surface area contributed by atoms with Crippen LogP contribution in [0.2, 0.25) is 0 Å². The molecule has 1 heterocycles. The molecule has 0 unspecified atom stereocenters. The van der Waals surface area contributed by atoms with Crippen molar-refractivity contribution in [3.05, 3.63) is 12.0 Å². The van der Waals surface area contributed by atoms with Crippen LogP contribution in [0, 0.1) is 0 Å². The van der Waals surface area contributed by atoms with Gasteiger partial charge in [-0.2, -0.15) is 0 Å². The van der Waals surface area contributed by atoms with Crippen molar-refractivity contribution in [1.82, 2.24) is 4.90 Å². The molecule has 0 aliphatic carbocycles. The van der Waals surface area contributed by atoms with Crippen LogP contribution in [0.3, 0.4) is 0 Å². The summed E-state index contributed by atoms with van der Waals surface area (Å²) in [6, 6.07) is 0. The number of nitrogens with zero attached hydrogens (tertiary/aromatic N) is 1. The molecule has 0 bridgehead atoms. The van der Waals surface area contributed by atoms with Gasteiger partial charge in [-0.25, -0.2) is 0 Å². The standard InChI is InChI=1S/C9H15NO3.Tl/c1-9(2,3)13-8(12)10-6-4-5-7(10)11;/h5,11H,4,6H2,1-3H3;/q;+1/p-1. The summed E-state index contributed by atoms with van der Waals surface area (Å²) in [5.74, 6) is 0.657. The van der Waals surface area contributed by atoms with E-state index in [4.69, 9.17) is 7.42 Å². The predicted octanol–water partition coefficient (Wildman–Crippen LogP) is 1.57. The number of hydrogen-bond acceptors (Lipinski definition) is 3. The van der Waals surface area contributed by atoms with Crippen LogP contribution in [0.5, 0.6) is 0 Å². The van der Waals surface area contributed by atoms with Gasteiger partial charge in [0.25, 0.3) is 0 Å². The van der Waals surface area contributed by atoms with Crippen LogP contribution >= 0.6 is 0 Å². The molecule has 0 aromatic heterocycles. The van der Waals surface area contributed by atoms with Crippen molar-refractivity contribution in [1.29, 1.82) is 0 Å². The first-order valence-electron chi connectivity index (χ1n) is 4.51. The zero-order valence-electron chi connectivity index (χ0n) is 8.74. The first-order chi connectivity index (χ1) is 6.44. The van der Waals surface area contributed by atoms with Gasteiger partial charge in [0.1, 0.15) is 0 Å². The monoisotopic (exact) mass is 389 g/mol. The molecule has 0 radical (unpaired) electrons. The molecule has 76 valence electrons. The molecule has 5 heteroatoms. The molecule has 0 spiro atoms. The molecule has 0 atom stereocenters. The summed E-state index contributed by atoms with van der Waals surface area (Å²) in [5, 5.41) is 0. The van der Waals surface area contributed by atoms with Crippen molar-refractivity contribution in [2.24, 2.45) is 0 Å². The Morgan fingerprint density at radius 3 is 2.71 bits per heavy atom. The summed E-state index contributed by atoms with van der Waals surface area (Å²) in [5.41, 5.74) is -0.446. The summed E-state index contributed by atoms with van der Waals surface area (Å²) in [6.45, 7) is 6.23. The number of carbonyl (C=O) groups is 1. The molecule has 1 aliphatic heterocycles. The van der Waals surface area contributed by atoms with Gasteiger partial charge in [0.15, 0.2) is 0 Å². The molecule has 1 amide bonds. The fourth-order valence-corrected chi connectivity index (χ4v) is 2.02. The normalized spacial score (nSPS) is 16.4. The van der Waals surface area contributed by atoms with E-state index in [9.17, 15) is 4.79 Å². The van der Waals surface area contributed by atoms with E-state index in [1.165, 1.54) is 0 Å². The molecule has 4 nitrogen and oxygen atoms in total. The van der Waals surface area contributed by atoms with E-state index in [-0.39, 0.29) is 6.09 Å². The van der Waals surface area contributed by atoms with Crippen molar-refractivity contribution in [2.75, 3.05) is 6.54 Å². The zero-order valence-corrected chi connectivity index (χ0v) is 13.2. The van der Waals surface area contributed by atoms with Crippen LogP contribution in [0.25, 0.3) is 0 Å². The van der Waals surface area contributed by atoms with Gasteiger partial charge in [-0.3, -0.25) is 0 Å². The van der Waals surface area contributed by atoms with E-state index >= 15 is 0 Å². The first-order valence-corrected chi connectivity index (χ1v) is 6.35. The molecule has 0 aromatic carbocycles. The van der Waals surface area contributed by atoms with Gasteiger partial charge in [-0.1, -0.05) is 0 Å². The second kappa shape index (κ2) is 4.50. The van der Waals surface area contributed by atoms with Crippen molar-refractivity contribution < 1.29 is 12.2 Å². The molecular formula is C9H14NO3Tl. The minimum absolute atomic E-state index is 0.318. The number of rotatable bonds is 1. The average molecular weight is 389 g/mol. The van der Waals surface area contributed by atoms with E-state index in [1.54, 1.807) is 4.90 Å². The van der Waals surface area contributed by atoms with Crippen LogP contribution in [0.15, 0.2) is 12.0 Å². The van der Waals surface area contributed by atoms with Crippen molar-refractivity contribution in [2.45, 2.75) is 32.8 Å². The Morgan fingerprint density at radius 2 is 2.21 bits per heavy atom. The fourth-order valence-electron chi connectivity index (χ4n) is 1.15. The maximum absolute atomic E-state index is 11.6. The van der Waals surface area contributed by atoms with Gasteiger partial charge in [-0.05, 0) is 0 Å². The Bertz CT molecular complexity index is 257. The fraction of sp³-hybridized carbons (Fsp3) is 0.667. The van der Waals surface area contributed by atoms with Crippen LogP contribution in [-0.2, 0) is 7.42 Å². The molecule has 0 fully saturated rings. The van der Waals surface area contributed by atoms with Crippen LogP contribution in [-0.4, -0.2) is 49.4 Å². The molecule has 0 saturated carbocycles. The van der Waals surface area contributed by atoms with Crippen molar-refractivity contribution in [3.63, 3.8) is 0 Å². The van der Waals surface area contributed by atoms with E-state index in [1.807, 2.05) is 26.8 Å². The Hall–Kier alpha value is -0.268. The third-order valence-corrected chi connectivity index (χ3v) is 2.61. The molecule has 1 rings (SSSR count). The minimum atomic E-state index is -0.446. The molecule has 0 saturated heterocycles. The predicted molar refractivity (Wildman–Crippen MR) is 52.5 cm³/mol. The quantitative estimate of drug-likeness (QED) is 0.640. The Morgan fingerprint density at radius 1 is 1.57 bits per heavy atom. The maximum atomic E-state index is 11.6. The van der Waals surface area contributed by atoms with Gasteiger partial charge >= 0.3 is 101 Å². The van der Waals surface area contributed by atoms with Gasteiger partial charge in [-0.15, -0.1) is 0 Å². The van der Waals surface area contributed by atoms with Gasteiger partial charge < -0.3 is 0 Å². The van der Waals surface area contributed by atoms with E-state index in [2.05, 4.69) is 0 Å². The number of carbonyl (C=O) groups excluding carboxylic acids is 1. The number of amides is 1. The van der Waals surface area contributed by atoms with Crippen LogP contribution < -0.4 is 0 Å². The molecular weight excluding hydrogens is 374 g/mol. The topological polar surface area (TPSA) is 38.8 Å². The van der Waals surface area contributed by atoms with Crippen LogP contribution in [0.1, 0.15) is 27.2 Å². The number of ether oxygens (including phenoxy) is 1. The summed E-state index contributed by atoms with van der Waals surface area (Å²) < 4.78 is 10.5. The van der Waals surface area contributed by atoms with Gasteiger partial charge in [0.05, 0.1) is 0 Å². The first kappa shape index (κ1) is 11.8. The molecule has 14 heavy (non-hydrogen) atoms.